The summed E-state index contributed by atoms with van der Waals surface area (Å²) in [7, 11) is -1.95. The van der Waals surface area contributed by atoms with Crippen LogP contribution in [0.3, 0.4) is 0 Å². The summed E-state index contributed by atoms with van der Waals surface area (Å²) in [6, 6.07) is 16.3. The van der Waals surface area contributed by atoms with Crippen molar-refractivity contribution in [1.29, 1.82) is 0 Å². The van der Waals surface area contributed by atoms with Crippen LogP contribution >= 0.6 is 0 Å². The average Bonchev–Trinajstić information content (AvgIpc) is 2.53. The molecule has 0 bridgehead atoms. The summed E-state index contributed by atoms with van der Waals surface area (Å²) in [5.74, 6) is 0.635. The van der Waals surface area contributed by atoms with Gasteiger partial charge < -0.3 is 4.74 Å². The SMILES string of the molecule is COc1ccc(S(=O)(=O)N[C@H](C)CCc2ccccc2)cc1. The molecule has 0 saturated carbocycles. The highest BCUT2D eigenvalue weighted by atomic mass is 32.2. The van der Waals surface area contributed by atoms with E-state index in [9.17, 15) is 8.42 Å². The van der Waals surface area contributed by atoms with E-state index in [-0.39, 0.29) is 10.9 Å². The van der Waals surface area contributed by atoms with Gasteiger partial charge in [0.2, 0.25) is 10.0 Å². The number of sulfonamides is 1. The van der Waals surface area contributed by atoms with E-state index in [1.165, 1.54) is 5.56 Å². The minimum Gasteiger partial charge on any atom is -0.497 e. The van der Waals surface area contributed by atoms with Gasteiger partial charge in [-0.2, -0.15) is 0 Å². The van der Waals surface area contributed by atoms with Crippen molar-refractivity contribution in [2.45, 2.75) is 30.7 Å². The quantitative estimate of drug-likeness (QED) is 0.853. The molecular weight excluding hydrogens is 298 g/mol. The van der Waals surface area contributed by atoms with E-state index >= 15 is 0 Å². The van der Waals surface area contributed by atoms with Crippen LogP contribution in [0, 0.1) is 0 Å². The third kappa shape index (κ3) is 4.58. The van der Waals surface area contributed by atoms with Crippen molar-refractivity contribution in [3.8, 4) is 5.75 Å². The van der Waals surface area contributed by atoms with E-state index < -0.39 is 10.0 Å². The molecule has 2 aromatic carbocycles. The third-order valence-corrected chi connectivity index (χ3v) is 5.04. The van der Waals surface area contributed by atoms with Gasteiger partial charge in [0.15, 0.2) is 0 Å². The summed E-state index contributed by atoms with van der Waals surface area (Å²) in [5.41, 5.74) is 1.21. The van der Waals surface area contributed by atoms with E-state index in [2.05, 4.69) is 4.72 Å². The lowest BCUT2D eigenvalue weighted by molar-refractivity contribution is 0.414. The van der Waals surface area contributed by atoms with Crippen LogP contribution in [0.25, 0.3) is 0 Å². The van der Waals surface area contributed by atoms with Gasteiger partial charge in [-0.1, -0.05) is 30.3 Å². The second-order valence-corrected chi connectivity index (χ2v) is 6.94. The lowest BCUT2D eigenvalue weighted by Crippen LogP contribution is -2.32. The molecule has 0 saturated heterocycles. The predicted octanol–water partition coefficient (Wildman–Crippen LogP) is 2.99. The van der Waals surface area contributed by atoms with Crippen LogP contribution in [0.2, 0.25) is 0 Å². The molecule has 2 aromatic rings. The first-order valence-electron chi connectivity index (χ1n) is 7.21. The first-order valence-corrected chi connectivity index (χ1v) is 8.70. The van der Waals surface area contributed by atoms with Gasteiger partial charge in [0.25, 0.3) is 0 Å². The fourth-order valence-electron chi connectivity index (χ4n) is 2.17. The number of hydrogen-bond donors (Lipinski definition) is 1. The van der Waals surface area contributed by atoms with E-state index in [4.69, 9.17) is 4.74 Å². The van der Waals surface area contributed by atoms with Crippen LogP contribution in [0.5, 0.6) is 5.75 Å². The van der Waals surface area contributed by atoms with Crippen molar-refractivity contribution in [1.82, 2.24) is 4.72 Å². The molecule has 0 fully saturated rings. The highest BCUT2D eigenvalue weighted by Crippen LogP contribution is 2.16. The average molecular weight is 319 g/mol. The first-order chi connectivity index (χ1) is 10.5. The second-order valence-electron chi connectivity index (χ2n) is 5.22. The molecule has 0 amide bonds. The van der Waals surface area contributed by atoms with Gasteiger partial charge in [-0.25, -0.2) is 13.1 Å². The maximum absolute atomic E-state index is 12.3. The number of ether oxygens (including phenoxy) is 1. The van der Waals surface area contributed by atoms with Crippen LogP contribution < -0.4 is 9.46 Å². The van der Waals surface area contributed by atoms with Gasteiger partial charge in [0.1, 0.15) is 5.75 Å². The lowest BCUT2D eigenvalue weighted by atomic mass is 10.1. The van der Waals surface area contributed by atoms with Crippen molar-refractivity contribution < 1.29 is 13.2 Å². The Kier molecular flexibility index (Phi) is 5.57. The Morgan fingerprint density at radius 2 is 1.68 bits per heavy atom. The highest BCUT2D eigenvalue weighted by molar-refractivity contribution is 7.89. The fraction of sp³-hybridized carbons (Fsp3) is 0.294. The Hall–Kier alpha value is -1.85. The topological polar surface area (TPSA) is 55.4 Å². The summed E-state index contributed by atoms with van der Waals surface area (Å²) in [6.45, 7) is 1.88. The standard InChI is InChI=1S/C17H21NO3S/c1-14(8-9-15-6-4-3-5-7-15)18-22(19,20)17-12-10-16(21-2)11-13-17/h3-7,10-14,18H,8-9H2,1-2H3/t14-/m1/s1. The number of rotatable bonds is 7. The zero-order chi connectivity index (χ0) is 16.0. The molecular formula is C17H21NO3S. The molecule has 1 atom stereocenters. The monoisotopic (exact) mass is 319 g/mol. The molecule has 0 aliphatic carbocycles. The Bertz CT molecular complexity index is 682. The number of aryl methyl sites for hydroxylation is 1. The lowest BCUT2D eigenvalue weighted by Gasteiger charge is -2.14. The van der Waals surface area contributed by atoms with Gasteiger partial charge in [0.05, 0.1) is 12.0 Å². The van der Waals surface area contributed by atoms with E-state index in [0.29, 0.717) is 5.75 Å². The molecule has 0 spiro atoms. The minimum absolute atomic E-state index is 0.132. The van der Waals surface area contributed by atoms with Gasteiger partial charge >= 0.3 is 0 Å². The zero-order valence-corrected chi connectivity index (χ0v) is 13.6. The largest absolute Gasteiger partial charge is 0.497 e. The van der Waals surface area contributed by atoms with Crippen LogP contribution in [-0.4, -0.2) is 21.6 Å². The van der Waals surface area contributed by atoms with Gasteiger partial charge in [-0.05, 0) is 49.6 Å². The second kappa shape index (κ2) is 7.42. The molecule has 2 rings (SSSR count). The molecule has 0 radical (unpaired) electrons. The normalized spacial score (nSPS) is 12.8. The minimum atomic E-state index is -3.49. The summed E-state index contributed by atoms with van der Waals surface area (Å²) >= 11 is 0. The fourth-order valence-corrected chi connectivity index (χ4v) is 3.45. The number of benzene rings is 2. The molecule has 5 heteroatoms. The molecule has 0 aliphatic rings. The highest BCUT2D eigenvalue weighted by Gasteiger charge is 2.17. The van der Waals surface area contributed by atoms with Crippen LogP contribution in [0.1, 0.15) is 18.9 Å². The summed E-state index contributed by atoms with van der Waals surface area (Å²) < 4.78 is 32.4. The van der Waals surface area contributed by atoms with Crippen molar-refractivity contribution in [3.05, 3.63) is 60.2 Å². The molecule has 4 nitrogen and oxygen atoms in total. The van der Waals surface area contributed by atoms with E-state index in [1.807, 2.05) is 37.3 Å². The van der Waals surface area contributed by atoms with E-state index in [0.717, 1.165) is 12.8 Å². The Balaban J connectivity index is 1.95. The number of methoxy groups -OCH3 is 1. The molecule has 0 aromatic heterocycles. The van der Waals surface area contributed by atoms with Crippen molar-refractivity contribution in [2.24, 2.45) is 0 Å². The first kappa shape index (κ1) is 16.5. The molecule has 0 unspecified atom stereocenters. The van der Waals surface area contributed by atoms with Gasteiger partial charge in [-0.3, -0.25) is 0 Å². The van der Waals surface area contributed by atoms with Crippen molar-refractivity contribution in [3.63, 3.8) is 0 Å². The Morgan fingerprint density at radius 3 is 2.27 bits per heavy atom. The summed E-state index contributed by atoms with van der Waals surface area (Å²) in [5, 5.41) is 0. The Labute approximate surface area is 132 Å². The van der Waals surface area contributed by atoms with Gasteiger partial charge in [0, 0.05) is 6.04 Å². The molecule has 0 aliphatic heterocycles. The van der Waals surface area contributed by atoms with Crippen molar-refractivity contribution >= 4 is 10.0 Å². The smallest absolute Gasteiger partial charge is 0.240 e. The van der Waals surface area contributed by atoms with E-state index in [1.54, 1.807) is 31.4 Å². The summed E-state index contributed by atoms with van der Waals surface area (Å²) in [4.78, 5) is 0.250. The van der Waals surface area contributed by atoms with Crippen LogP contribution in [-0.2, 0) is 16.4 Å². The van der Waals surface area contributed by atoms with Gasteiger partial charge in [-0.15, -0.1) is 0 Å². The van der Waals surface area contributed by atoms with Crippen LogP contribution in [0.15, 0.2) is 59.5 Å². The zero-order valence-electron chi connectivity index (χ0n) is 12.8. The molecule has 22 heavy (non-hydrogen) atoms. The molecule has 0 heterocycles. The molecule has 1 N–H and O–H groups in total. The summed E-state index contributed by atoms with van der Waals surface area (Å²) in [6.07, 6.45) is 1.59. The number of hydrogen-bond acceptors (Lipinski definition) is 3. The predicted molar refractivity (Wildman–Crippen MR) is 87.5 cm³/mol. The van der Waals surface area contributed by atoms with Crippen molar-refractivity contribution in [2.75, 3.05) is 7.11 Å². The maximum Gasteiger partial charge on any atom is 0.240 e. The Morgan fingerprint density at radius 1 is 1.05 bits per heavy atom. The maximum atomic E-state index is 12.3. The molecule has 118 valence electrons. The third-order valence-electron chi connectivity index (χ3n) is 3.43. The van der Waals surface area contributed by atoms with Crippen LogP contribution in [0.4, 0.5) is 0 Å². The number of nitrogens with one attached hydrogen (secondary N) is 1.